The Kier molecular flexibility index (Phi) is 3.82. The van der Waals surface area contributed by atoms with Gasteiger partial charge in [-0.1, -0.05) is 16.8 Å². The molecule has 1 aromatic heterocycles. The van der Waals surface area contributed by atoms with Gasteiger partial charge >= 0.3 is 5.97 Å². The van der Waals surface area contributed by atoms with Crippen molar-refractivity contribution in [2.75, 3.05) is 0 Å². The van der Waals surface area contributed by atoms with Crippen molar-refractivity contribution in [3.63, 3.8) is 0 Å². The molecule has 2 aliphatic heterocycles. The average molecular weight is 375 g/mol. The lowest BCUT2D eigenvalue weighted by Gasteiger charge is -2.44. The van der Waals surface area contributed by atoms with E-state index in [1.165, 1.54) is 15.8 Å². The van der Waals surface area contributed by atoms with E-state index in [2.05, 4.69) is 10.3 Å². The maximum atomic E-state index is 12.3. The van der Waals surface area contributed by atoms with Crippen LogP contribution < -0.4 is 0 Å². The summed E-state index contributed by atoms with van der Waals surface area (Å²) in [6.45, 7) is 1.54. The maximum absolute atomic E-state index is 12.3. The van der Waals surface area contributed by atoms with Gasteiger partial charge in [0.15, 0.2) is 0 Å². The second-order valence-corrected chi connectivity index (χ2v) is 6.86. The van der Waals surface area contributed by atoms with Crippen LogP contribution >= 0.6 is 11.6 Å². The number of amides is 1. The molecule has 26 heavy (non-hydrogen) atoms. The van der Waals surface area contributed by atoms with Crippen LogP contribution in [0.1, 0.15) is 18.9 Å². The highest BCUT2D eigenvalue weighted by atomic mass is 35.5. The van der Waals surface area contributed by atoms with Gasteiger partial charge in [-0.3, -0.25) is 4.79 Å². The first-order valence-corrected chi connectivity index (χ1v) is 8.41. The average Bonchev–Trinajstić information content (AvgIpc) is 3.19. The Morgan fingerprint density at radius 1 is 1.38 bits per heavy atom. The first-order chi connectivity index (χ1) is 12.4. The Morgan fingerprint density at radius 3 is 2.77 bits per heavy atom. The first kappa shape index (κ1) is 16.7. The Hall–Kier alpha value is -2.71. The van der Waals surface area contributed by atoms with Crippen LogP contribution in [0.15, 0.2) is 36.3 Å². The van der Waals surface area contributed by atoms with E-state index in [0.717, 1.165) is 0 Å². The number of β-lactam (4-membered cyclic amide) rings is 1. The number of halogens is 1. The fourth-order valence-electron chi connectivity index (χ4n) is 3.75. The smallest absolute Gasteiger partial charge is 0.352 e. The summed E-state index contributed by atoms with van der Waals surface area (Å²) in [5, 5.41) is 27.6. The summed E-state index contributed by atoms with van der Waals surface area (Å²) >= 11 is 6.22. The number of aliphatic hydroxyl groups is 1. The molecule has 2 aliphatic rings. The number of carboxylic acids is 1. The molecule has 0 bridgehead atoms. The molecule has 4 rings (SSSR count). The van der Waals surface area contributed by atoms with Gasteiger partial charge in [0.1, 0.15) is 5.70 Å². The molecule has 1 aromatic carbocycles. The number of carbonyl (C=O) groups excluding carboxylic acids is 1. The van der Waals surface area contributed by atoms with E-state index in [1.54, 1.807) is 31.3 Å². The molecule has 0 spiro atoms. The number of nitrogens with zero attached hydrogens (tertiary/aromatic N) is 4. The lowest BCUT2D eigenvalue weighted by molar-refractivity contribution is -0.161. The summed E-state index contributed by atoms with van der Waals surface area (Å²) in [6, 6.07) is 4.76. The molecule has 8 nitrogen and oxygen atoms in total. The van der Waals surface area contributed by atoms with Gasteiger partial charge in [0.05, 0.1) is 36.1 Å². The molecule has 1 amide bonds. The van der Waals surface area contributed by atoms with Gasteiger partial charge in [-0.05, 0) is 42.7 Å². The second kappa shape index (κ2) is 5.93. The van der Waals surface area contributed by atoms with Gasteiger partial charge < -0.3 is 15.1 Å². The quantitative estimate of drug-likeness (QED) is 0.781. The molecule has 134 valence electrons. The fourth-order valence-corrected chi connectivity index (χ4v) is 3.98. The van der Waals surface area contributed by atoms with Crippen molar-refractivity contribution < 1.29 is 19.8 Å². The molecular weight excluding hydrogens is 360 g/mol. The molecule has 1 unspecified atom stereocenters. The SMILES string of the molecule is C[C@@H](O)[C@H]1C(=O)N2C(C(=O)O)=C(c3cc(Cl)cc(-n4ccnn4)c3)CC12. The Morgan fingerprint density at radius 2 is 2.15 bits per heavy atom. The molecule has 2 N–H and O–H groups in total. The minimum absolute atomic E-state index is 0.0521. The Labute approximate surface area is 153 Å². The van der Waals surface area contributed by atoms with E-state index in [0.29, 0.717) is 28.3 Å². The summed E-state index contributed by atoms with van der Waals surface area (Å²) in [5.41, 5.74) is 1.70. The summed E-state index contributed by atoms with van der Waals surface area (Å²) in [7, 11) is 0. The van der Waals surface area contributed by atoms with Crippen molar-refractivity contribution in [1.29, 1.82) is 0 Å². The van der Waals surface area contributed by atoms with Crippen molar-refractivity contribution in [3.8, 4) is 5.69 Å². The van der Waals surface area contributed by atoms with Gasteiger partial charge in [-0.25, -0.2) is 9.48 Å². The van der Waals surface area contributed by atoms with Gasteiger partial charge in [0.2, 0.25) is 5.91 Å². The number of hydrogen-bond donors (Lipinski definition) is 2. The van der Waals surface area contributed by atoms with Crippen molar-refractivity contribution in [2.45, 2.75) is 25.5 Å². The summed E-state index contributed by atoms with van der Waals surface area (Å²) < 4.78 is 1.52. The predicted molar refractivity (Wildman–Crippen MR) is 91.3 cm³/mol. The van der Waals surface area contributed by atoms with Crippen LogP contribution in [0.25, 0.3) is 11.3 Å². The van der Waals surface area contributed by atoms with Crippen molar-refractivity contribution in [1.82, 2.24) is 19.9 Å². The van der Waals surface area contributed by atoms with Gasteiger partial charge in [0.25, 0.3) is 0 Å². The monoisotopic (exact) mass is 374 g/mol. The zero-order valence-corrected chi connectivity index (χ0v) is 14.5. The molecule has 0 aliphatic carbocycles. The van der Waals surface area contributed by atoms with Crippen molar-refractivity contribution >= 4 is 29.1 Å². The van der Waals surface area contributed by atoms with E-state index in [4.69, 9.17) is 11.6 Å². The zero-order valence-electron chi connectivity index (χ0n) is 13.7. The lowest BCUT2D eigenvalue weighted by Crippen LogP contribution is -2.61. The largest absolute Gasteiger partial charge is 0.477 e. The molecule has 3 atom stereocenters. The van der Waals surface area contributed by atoms with E-state index in [9.17, 15) is 19.8 Å². The number of aliphatic hydroxyl groups excluding tert-OH is 1. The zero-order chi connectivity index (χ0) is 18.6. The third-order valence-electron chi connectivity index (χ3n) is 4.85. The topological polar surface area (TPSA) is 109 Å². The van der Waals surface area contributed by atoms with Crippen LogP contribution in [0.4, 0.5) is 0 Å². The van der Waals surface area contributed by atoms with Crippen LogP contribution in [0.3, 0.4) is 0 Å². The molecule has 9 heteroatoms. The molecule has 3 heterocycles. The summed E-state index contributed by atoms with van der Waals surface area (Å²) in [5.74, 6) is -2.13. The van der Waals surface area contributed by atoms with E-state index in [-0.39, 0.29) is 17.6 Å². The fraction of sp³-hybridized carbons (Fsp3) is 0.294. The molecule has 2 aromatic rings. The van der Waals surface area contributed by atoms with Crippen LogP contribution in [0.5, 0.6) is 0 Å². The highest BCUT2D eigenvalue weighted by Crippen LogP contribution is 2.47. The van der Waals surface area contributed by atoms with Crippen molar-refractivity contribution in [3.05, 3.63) is 46.9 Å². The minimum atomic E-state index is -1.18. The highest BCUT2D eigenvalue weighted by Gasteiger charge is 2.56. The van der Waals surface area contributed by atoms with Crippen LogP contribution in [-0.4, -0.2) is 54.1 Å². The van der Waals surface area contributed by atoms with Crippen LogP contribution in [0, 0.1) is 5.92 Å². The standard InChI is InChI=1S/C17H15ClN4O4/c1-8(23)14-13-7-12(15(17(25)26)22(13)16(14)24)9-4-10(18)6-11(5-9)21-3-2-19-20-21/h2-6,8,13-14,23H,7H2,1H3,(H,25,26)/t8-,13?,14-/m1/s1. The summed E-state index contributed by atoms with van der Waals surface area (Å²) in [6.07, 6.45) is 2.69. The van der Waals surface area contributed by atoms with Gasteiger partial charge in [-0.2, -0.15) is 0 Å². The number of fused-ring (bicyclic) bond motifs is 1. The summed E-state index contributed by atoms with van der Waals surface area (Å²) in [4.78, 5) is 25.4. The highest BCUT2D eigenvalue weighted by molar-refractivity contribution is 6.31. The number of carbonyl (C=O) groups is 2. The number of benzene rings is 1. The molecular formula is C17H15ClN4O4. The lowest BCUT2D eigenvalue weighted by atomic mass is 9.82. The number of aromatic nitrogens is 3. The number of rotatable bonds is 4. The minimum Gasteiger partial charge on any atom is -0.477 e. The molecule has 0 radical (unpaired) electrons. The van der Waals surface area contributed by atoms with Gasteiger partial charge in [0, 0.05) is 5.02 Å². The van der Waals surface area contributed by atoms with E-state index in [1.807, 2.05) is 0 Å². The predicted octanol–water partition coefficient (Wildman–Crippen LogP) is 1.33. The second-order valence-electron chi connectivity index (χ2n) is 6.42. The Bertz CT molecular complexity index is 938. The van der Waals surface area contributed by atoms with Gasteiger partial charge in [-0.15, -0.1) is 5.10 Å². The number of aliphatic carboxylic acids is 1. The number of hydrogen-bond acceptors (Lipinski definition) is 5. The third kappa shape index (κ3) is 2.41. The normalized spacial score (nSPS) is 23.0. The van der Waals surface area contributed by atoms with E-state index < -0.39 is 18.0 Å². The third-order valence-corrected chi connectivity index (χ3v) is 5.07. The molecule has 1 fully saturated rings. The van der Waals surface area contributed by atoms with Crippen molar-refractivity contribution in [2.24, 2.45) is 5.92 Å². The first-order valence-electron chi connectivity index (χ1n) is 8.03. The molecule has 1 saturated heterocycles. The Balaban J connectivity index is 1.80. The van der Waals surface area contributed by atoms with E-state index >= 15 is 0 Å². The van der Waals surface area contributed by atoms with Crippen LogP contribution in [0.2, 0.25) is 5.02 Å². The van der Waals surface area contributed by atoms with Crippen LogP contribution in [-0.2, 0) is 9.59 Å². The number of carboxylic acid groups (broad SMARTS) is 1. The molecule has 0 saturated carbocycles. The maximum Gasteiger partial charge on any atom is 0.352 e.